The zero-order valence-corrected chi connectivity index (χ0v) is 8.99. The minimum atomic E-state index is 0.753. The Morgan fingerprint density at radius 3 is 2.64 bits per heavy atom. The summed E-state index contributed by atoms with van der Waals surface area (Å²) in [6, 6.07) is 1.65. The van der Waals surface area contributed by atoms with Crippen LogP contribution in [0.25, 0.3) is 0 Å². The van der Waals surface area contributed by atoms with Crippen molar-refractivity contribution in [2.45, 2.75) is 50.6 Å². The van der Waals surface area contributed by atoms with Crippen LogP contribution in [0.1, 0.15) is 38.5 Å². The molecule has 3 unspecified atom stereocenters. The second-order valence-corrected chi connectivity index (χ2v) is 5.45. The van der Waals surface area contributed by atoms with E-state index in [-0.39, 0.29) is 0 Å². The molecule has 1 aliphatic heterocycles. The molecule has 3 fully saturated rings. The van der Waals surface area contributed by atoms with Crippen LogP contribution in [-0.4, -0.2) is 30.1 Å². The average Bonchev–Trinajstić information content (AvgIpc) is 2.92. The molecule has 1 saturated heterocycles. The maximum atomic E-state index is 5.91. The standard InChI is InChI=1S/C12H22N2/c13-7-12-11-6-9(11)8-14(12)10-4-2-1-3-5-10/h9-12H,1-8,13H2. The number of hydrogen-bond donors (Lipinski definition) is 1. The van der Waals surface area contributed by atoms with Crippen LogP contribution in [0.2, 0.25) is 0 Å². The Hall–Kier alpha value is -0.0800. The van der Waals surface area contributed by atoms with Crippen LogP contribution in [0.5, 0.6) is 0 Å². The lowest BCUT2D eigenvalue weighted by Gasteiger charge is -2.36. The van der Waals surface area contributed by atoms with Gasteiger partial charge < -0.3 is 5.73 Å². The molecular weight excluding hydrogens is 172 g/mol. The molecule has 14 heavy (non-hydrogen) atoms. The molecule has 3 atom stereocenters. The average molecular weight is 194 g/mol. The smallest absolute Gasteiger partial charge is 0.0252 e. The van der Waals surface area contributed by atoms with Crippen molar-refractivity contribution in [2.75, 3.05) is 13.1 Å². The molecule has 80 valence electrons. The quantitative estimate of drug-likeness (QED) is 0.723. The van der Waals surface area contributed by atoms with E-state index in [1.165, 1.54) is 45.1 Å². The maximum Gasteiger partial charge on any atom is 0.0252 e. The van der Waals surface area contributed by atoms with Crippen molar-refractivity contribution in [3.05, 3.63) is 0 Å². The van der Waals surface area contributed by atoms with E-state index in [0.29, 0.717) is 0 Å². The Balaban J connectivity index is 1.65. The predicted molar refractivity (Wildman–Crippen MR) is 58.0 cm³/mol. The lowest BCUT2D eigenvalue weighted by Crippen LogP contribution is -2.46. The van der Waals surface area contributed by atoms with Crippen LogP contribution in [0.4, 0.5) is 0 Å². The van der Waals surface area contributed by atoms with Gasteiger partial charge in [0.25, 0.3) is 0 Å². The summed E-state index contributed by atoms with van der Waals surface area (Å²) in [5, 5.41) is 0. The monoisotopic (exact) mass is 194 g/mol. The molecule has 0 spiro atoms. The van der Waals surface area contributed by atoms with Gasteiger partial charge in [-0.3, -0.25) is 4.90 Å². The van der Waals surface area contributed by atoms with Crippen molar-refractivity contribution in [1.82, 2.24) is 4.90 Å². The summed E-state index contributed by atoms with van der Waals surface area (Å²) in [7, 11) is 0. The van der Waals surface area contributed by atoms with Gasteiger partial charge in [-0.2, -0.15) is 0 Å². The van der Waals surface area contributed by atoms with Gasteiger partial charge in [0.05, 0.1) is 0 Å². The zero-order valence-electron chi connectivity index (χ0n) is 8.99. The number of nitrogens with zero attached hydrogens (tertiary/aromatic N) is 1. The third-order valence-corrected chi connectivity index (χ3v) is 4.63. The van der Waals surface area contributed by atoms with Gasteiger partial charge in [0.1, 0.15) is 0 Å². The highest BCUT2D eigenvalue weighted by Gasteiger charge is 2.53. The minimum Gasteiger partial charge on any atom is -0.329 e. The third-order valence-electron chi connectivity index (χ3n) is 4.63. The van der Waals surface area contributed by atoms with E-state index < -0.39 is 0 Å². The third kappa shape index (κ3) is 1.40. The highest BCUT2D eigenvalue weighted by molar-refractivity contribution is 5.06. The van der Waals surface area contributed by atoms with E-state index in [0.717, 1.165) is 30.5 Å². The second-order valence-electron chi connectivity index (χ2n) is 5.45. The van der Waals surface area contributed by atoms with Gasteiger partial charge in [-0.15, -0.1) is 0 Å². The van der Waals surface area contributed by atoms with E-state index in [1.54, 1.807) is 0 Å². The number of rotatable bonds is 2. The maximum absolute atomic E-state index is 5.91. The van der Waals surface area contributed by atoms with Crippen molar-refractivity contribution in [3.63, 3.8) is 0 Å². The number of nitrogens with two attached hydrogens (primary N) is 1. The van der Waals surface area contributed by atoms with Gasteiger partial charge in [-0.1, -0.05) is 19.3 Å². The molecule has 0 radical (unpaired) electrons. The van der Waals surface area contributed by atoms with E-state index in [1.807, 2.05) is 0 Å². The first kappa shape index (κ1) is 9.17. The molecule has 3 aliphatic rings. The summed E-state index contributed by atoms with van der Waals surface area (Å²) >= 11 is 0. The summed E-state index contributed by atoms with van der Waals surface area (Å²) in [4.78, 5) is 2.76. The van der Waals surface area contributed by atoms with E-state index in [9.17, 15) is 0 Å². The number of likely N-dealkylation sites (tertiary alicyclic amines) is 1. The summed E-state index contributed by atoms with van der Waals surface area (Å²) in [5.41, 5.74) is 5.91. The van der Waals surface area contributed by atoms with Crippen LogP contribution in [-0.2, 0) is 0 Å². The molecular formula is C12H22N2. The first-order valence-corrected chi connectivity index (χ1v) is 6.36. The van der Waals surface area contributed by atoms with Crippen molar-refractivity contribution < 1.29 is 0 Å². The van der Waals surface area contributed by atoms with Crippen molar-refractivity contribution in [2.24, 2.45) is 17.6 Å². The molecule has 0 bridgehead atoms. The van der Waals surface area contributed by atoms with Gasteiger partial charge in [0.2, 0.25) is 0 Å². The van der Waals surface area contributed by atoms with Gasteiger partial charge in [-0.05, 0) is 31.1 Å². The van der Waals surface area contributed by atoms with Crippen LogP contribution < -0.4 is 5.73 Å². The molecule has 2 nitrogen and oxygen atoms in total. The Morgan fingerprint density at radius 1 is 1.14 bits per heavy atom. The van der Waals surface area contributed by atoms with Gasteiger partial charge >= 0.3 is 0 Å². The number of fused-ring (bicyclic) bond motifs is 1. The Labute approximate surface area is 86.8 Å². The van der Waals surface area contributed by atoms with Crippen LogP contribution in [0, 0.1) is 11.8 Å². The van der Waals surface area contributed by atoms with Crippen LogP contribution >= 0.6 is 0 Å². The molecule has 3 rings (SSSR count). The Morgan fingerprint density at radius 2 is 1.93 bits per heavy atom. The van der Waals surface area contributed by atoms with Gasteiger partial charge in [0, 0.05) is 25.2 Å². The van der Waals surface area contributed by atoms with Crippen molar-refractivity contribution in [1.29, 1.82) is 0 Å². The first-order chi connectivity index (χ1) is 6.90. The normalized spacial score (nSPS) is 43.9. The van der Waals surface area contributed by atoms with E-state index in [2.05, 4.69) is 4.90 Å². The summed E-state index contributed by atoms with van der Waals surface area (Å²) in [6.45, 7) is 2.27. The second kappa shape index (κ2) is 3.49. The summed E-state index contributed by atoms with van der Waals surface area (Å²) in [5.74, 6) is 2.02. The number of piperidine rings is 1. The minimum absolute atomic E-state index is 0.753. The van der Waals surface area contributed by atoms with E-state index in [4.69, 9.17) is 5.73 Å². The van der Waals surface area contributed by atoms with Crippen LogP contribution in [0.15, 0.2) is 0 Å². The summed E-state index contributed by atoms with van der Waals surface area (Å²) in [6.07, 6.45) is 8.73. The topological polar surface area (TPSA) is 29.3 Å². The Bertz CT molecular complexity index is 210. The Kier molecular flexibility index (Phi) is 2.29. The lowest BCUT2D eigenvalue weighted by molar-refractivity contribution is 0.124. The molecule has 0 aromatic rings. The molecule has 2 saturated carbocycles. The highest BCUT2D eigenvalue weighted by atomic mass is 15.2. The molecule has 1 heterocycles. The SMILES string of the molecule is NCC1C2CC2CN1C1CCCCC1. The fourth-order valence-electron chi connectivity index (χ4n) is 3.75. The van der Waals surface area contributed by atoms with Crippen LogP contribution in [0.3, 0.4) is 0 Å². The molecule has 2 aliphatic carbocycles. The molecule has 0 amide bonds. The molecule has 0 aromatic carbocycles. The van der Waals surface area contributed by atoms with Crippen molar-refractivity contribution >= 4 is 0 Å². The zero-order chi connectivity index (χ0) is 9.54. The number of hydrogen-bond acceptors (Lipinski definition) is 2. The molecule has 2 heteroatoms. The van der Waals surface area contributed by atoms with Gasteiger partial charge in [0.15, 0.2) is 0 Å². The fourth-order valence-corrected chi connectivity index (χ4v) is 3.75. The lowest BCUT2D eigenvalue weighted by atomic mass is 9.93. The molecule has 2 N–H and O–H groups in total. The van der Waals surface area contributed by atoms with Crippen molar-refractivity contribution in [3.8, 4) is 0 Å². The largest absolute Gasteiger partial charge is 0.329 e. The highest BCUT2D eigenvalue weighted by Crippen LogP contribution is 2.50. The molecule has 0 aromatic heterocycles. The van der Waals surface area contributed by atoms with E-state index >= 15 is 0 Å². The predicted octanol–water partition coefficient (Wildman–Crippen LogP) is 1.60. The van der Waals surface area contributed by atoms with Gasteiger partial charge in [-0.25, -0.2) is 0 Å². The first-order valence-electron chi connectivity index (χ1n) is 6.36. The fraction of sp³-hybridized carbons (Fsp3) is 1.00. The summed E-state index contributed by atoms with van der Waals surface area (Å²) < 4.78 is 0.